The average molecular weight is 397 g/mol. The second-order valence-corrected chi connectivity index (χ2v) is 8.42. The molecule has 2 N–H and O–H groups in total. The van der Waals surface area contributed by atoms with Gasteiger partial charge in [-0.05, 0) is 18.4 Å². The van der Waals surface area contributed by atoms with Crippen molar-refractivity contribution in [1.82, 2.24) is 15.1 Å². The number of aliphatic hydroxyl groups excluding tert-OH is 1. The van der Waals surface area contributed by atoms with Crippen molar-refractivity contribution in [2.45, 2.75) is 56.5 Å². The first-order valence-electron chi connectivity index (χ1n) is 10.5. The van der Waals surface area contributed by atoms with Gasteiger partial charge in [0.2, 0.25) is 0 Å². The van der Waals surface area contributed by atoms with Crippen LogP contribution in [0.4, 0.5) is 0 Å². The number of aliphatic hydroxyl groups is 1. The molecule has 0 unspecified atom stereocenters. The van der Waals surface area contributed by atoms with Crippen LogP contribution in [0.3, 0.4) is 0 Å². The molecule has 0 bridgehead atoms. The summed E-state index contributed by atoms with van der Waals surface area (Å²) in [4.78, 5) is 14.9. The Bertz CT molecular complexity index is 873. The summed E-state index contributed by atoms with van der Waals surface area (Å²) in [6.45, 7) is 2.32. The van der Waals surface area contributed by atoms with Crippen molar-refractivity contribution < 1.29 is 19.4 Å². The Morgan fingerprint density at radius 2 is 2.03 bits per heavy atom. The fraction of sp³-hybridized carbons (Fsp3) is 0.545. The smallest absolute Gasteiger partial charge is 0.274 e. The van der Waals surface area contributed by atoms with Gasteiger partial charge in [0.1, 0.15) is 0 Å². The van der Waals surface area contributed by atoms with Gasteiger partial charge in [0.05, 0.1) is 31.0 Å². The molecule has 3 aliphatic heterocycles. The first-order valence-corrected chi connectivity index (χ1v) is 10.5. The Balaban J connectivity index is 1.28. The molecule has 2 aromatic rings. The normalized spacial score (nSPS) is 26.3. The molecule has 4 heterocycles. The van der Waals surface area contributed by atoms with Crippen molar-refractivity contribution in [3.05, 3.63) is 52.8 Å². The molecule has 2 saturated heterocycles. The van der Waals surface area contributed by atoms with Crippen molar-refractivity contribution in [2.24, 2.45) is 0 Å². The number of nitrogens with zero attached hydrogens (tertiary/aromatic N) is 2. The molecule has 2 atom stereocenters. The molecule has 0 aliphatic carbocycles. The summed E-state index contributed by atoms with van der Waals surface area (Å²) < 4.78 is 12.1. The lowest BCUT2D eigenvalue weighted by molar-refractivity contribution is -0.181. The summed E-state index contributed by atoms with van der Waals surface area (Å²) in [5, 5.41) is 17.8. The SMILES string of the molecule is O=C(c1n[nH]c2c1COCC2)N1CCC2(CC1)C[C@@H](O)C[C@H](c1ccccc1)O2. The fourth-order valence-electron chi connectivity index (χ4n) is 4.91. The lowest BCUT2D eigenvalue weighted by atomic mass is 9.81. The number of ether oxygens (including phenoxy) is 2. The quantitative estimate of drug-likeness (QED) is 0.812. The molecule has 1 aromatic carbocycles. The van der Waals surface area contributed by atoms with Crippen LogP contribution in [0.2, 0.25) is 0 Å². The number of carbonyl (C=O) groups is 1. The van der Waals surface area contributed by atoms with E-state index in [9.17, 15) is 9.90 Å². The molecule has 0 saturated carbocycles. The third-order valence-corrected chi connectivity index (χ3v) is 6.52. The number of rotatable bonds is 2. The third-order valence-electron chi connectivity index (χ3n) is 6.52. The largest absolute Gasteiger partial charge is 0.393 e. The van der Waals surface area contributed by atoms with Gasteiger partial charge in [0, 0.05) is 43.6 Å². The maximum absolute atomic E-state index is 13.1. The van der Waals surface area contributed by atoms with Crippen LogP contribution in [-0.2, 0) is 22.5 Å². The fourth-order valence-corrected chi connectivity index (χ4v) is 4.91. The van der Waals surface area contributed by atoms with Crippen LogP contribution in [-0.4, -0.2) is 57.5 Å². The van der Waals surface area contributed by atoms with Gasteiger partial charge in [-0.25, -0.2) is 0 Å². The average Bonchev–Trinajstić information content (AvgIpc) is 3.18. The molecule has 1 aromatic heterocycles. The van der Waals surface area contributed by atoms with Crippen molar-refractivity contribution in [1.29, 1.82) is 0 Å². The summed E-state index contributed by atoms with van der Waals surface area (Å²) in [5.74, 6) is -0.0428. The van der Waals surface area contributed by atoms with Gasteiger partial charge in [-0.3, -0.25) is 9.89 Å². The van der Waals surface area contributed by atoms with Gasteiger partial charge in [-0.2, -0.15) is 5.10 Å². The minimum atomic E-state index is -0.383. The Morgan fingerprint density at radius 1 is 1.24 bits per heavy atom. The number of hydrogen-bond acceptors (Lipinski definition) is 5. The molecule has 1 amide bonds. The molecule has 7 heteroatoms. The predicted molar refractivity (Wildman–Crippen MR) is 105 cm³/mol. The van der Waals surface area contributed by atoms with E-state index in [1.807, 2.05) is 23.1 Å². The van der Waals surface area contributed by atoms with E-state index in [-0.39, 0.29) is 23.7 Å². The first-order chi connectivity index (χ1) is 14.1. The van der Waals surface area contributed by atoms with Crippen molar-refractivity contribution in [3.63, 3.8) is 0 Å². The summed E-state index contributed by atoms with van der Waals surface area (Å²) in [7, 11) is 0. The lowest BCUT2D eigenvalue weighted by Gasteiger charge is -2.48. The zero-order valence-corrected chi connectivity index (χ0v) is 16.5. The number of benzene rings is 1. The Kier molecular flexibility index (Phi) is 4.89. The number of fused-ring (bicyclic) bond motifs is 1. The predicted octanol–water partition coefficient (Wildman–Crippen LogP) is 2.37. The molecule has 5 rings (SSSR count). The number of piperidine rings is 1. The van der Waals surface area contributed by atoms with E-state index in [1.165, 1.54) is 0 Å². The second-order valence-electron chi connectivity index (χ2n) is 8.42. The summed E-state index contributed by atoms with van der Waals surface area (Å²) in [6, 6.07) is 10.1. The highest BCUT2D eigenvalue weighted by Gasteiger charge is 2.44. The zero-order chi connectivity index (χ0) is 19.8. The molecular weight excluding hydrogens is 370 g/mol. The minimum Gasteiger partial charge on any atom is -0.393 e. The van der Waals surface area contributed by atoms with Crippen molar-refractivity contribution in [3.8, 4) is 0 Å². The van der Waals surface area contributed by atoms with E-state index in [0.29, 0.717) is 44.8 Å². The molecule has 1 spiro atoms. The number of hydrogen-bond donors (Lipinski definition) is 2. The maximum Gasteiger partial charge on any atom is 0.274 e. The van der Waals surface area contributed by atoms with Crippen LogP contribution >= 0.6 is 0 Å². The standard InChI is InChI=1S/C22H27N3O4/c26-16-12-19(15-4-2-1-3-5-15)29-22(13-16)7-9-25(10-8-22)21(27)20-17-14-28-11-6-18(17)23-24-20/h1-5,16,19,26H,6-14H2,(H,23,24)/t16-,19+/m0/s1. The van der Waals surface area contributed by atoms with E-state index >= 15 is 0 Å². The van der Waals surface area contributed by atoms with Gasteiger partial charge < -0.3 is 19.5 Å². The van der Waals surface area contributed by atoms with Gasteiger partial charge >= 0.3 is 0 Å². The highest BCUT2D eigenvalue weighted by atomic mass is 16.5. The third kappa shape index (κ3) is 3.58. The number of H-pyrrole nitrogens is 1. The second kappa shape index (κ2) is 7.55. The van der Waals surface area contributed by atoms with E-state index in [0.717, 1.165) is 36.1 Å². The van der Waals surface area contributed by atoms with Gasteiger partial charge in [-0.15, -0.1) is 0 Å². The monoisotopic (exact) mass is 397 g/mol. The van der Waals surface area contributed by atoms with Gasteiger partial charge in [0.25, 0.3) is 5.91 Å². The number of aromatic amines is 1. The van der Waals surface area contributed by atoms with Crippen LogP contribution in [0, 0.1) is 0 Å². The van der Waals surface area contributed by atoms with Crippen LogP contribution < -0.4 is 0 Å². The Hall–Kier alpha value is -2.22. The van der Waals surface area contributed by atoms with E-state index < -0.39 is 0 Å². The molecule has 2 fully saturated rings. The van der Waals surface area contributed by atoms with Gasteiger partial charge in [-0.1, -0.05) is 30.3 Å². The minimum absolute atomic E-state index is 0.0428. The van der Waals surface area contributed by atoms with Crippen molar-refractivity contribution in [2.75, 3.05) is 19.7 Å². The van der Waals surface area contributed by atoms with Crippen LogP contribution in [0.25, 0.3) is 0 Å². The highest BCUT2D eigenvalue weighted by Crippen LogP contribution is 2.43. The van der Waals surface area contributed by atoms with Crippen LogP contribution in [0.5, 0.6) is 0 Å². The summed E-state index contributed by atoms with van der Waals surface area (Å²) in [6.07, 6.45) is 2.98. The van der Waals surface area contributed by atoms with Crippen LogP contribution in [0.15, 0.2) is 30.3 Å². The Morgan fingerprint density at radius 3 is 2.83 bits per heavy atom. The van der Waals surface area contributed by atoms with E-state index in [1.54, 1.807) is 0 Å². The van der Waals surface area contributed by atoms with E-state index in [4.69, 9.17) is 9.47 Å². The van der Waals surface area contributed by atoms with E-state index in [2.05, 4.69) is 22.3 Å². The molecule has 154 valence electrons. The number of carbonyl (C=O) groups excluding carboxylic acids is 1. The number of amides is 1. The van der Waals surface area contributed by atoms with Crippen molar-refractivity contribution >= 4 is 5.91 Å². The van der Waals surface area contributed by atoms with Crippen LogP contribution in [0.1, 0.15) is 59.1 Å². The molecule has 7 nitrogen and oxygen atoms in total. The molecule has 0 radical (unpaired) electrons. The summed E-state index contributed by atoms with van der Waals surface area (Å²) >= 11 is 0. The van der Waals surface area contributed by atoms with Gasteiger partial charge in [0.15, 0.2) is 5.69 Å². The first kappa shape index (κ1) is 18.8. The molecule has 3 aliphatic rings. The number of likely N-dealkylation sites (tertiary alicyclic amines) is 1. The number of aromatic nitrogens is 2. The number of nitrogens with one attached hydrogen (secondary N) is 1. The molecule has 29 heavy (non-hydrogen) atoms. The Labute approximate surface area is 170 Å². The molecular formula is C22H27N3O4. The maximum atomic E-state index is 13.1. The topological polar surface area (TPSA) is 87.7 Å². The lowest BCUT2D eigenvalue weighted by Crippen LogP contribution is -2.52. The highest BCUT2D eigenvalue weighted by molar-refractivity contribution is 5.94. The summed E-state index contributed by atoms with van der Waals surface area (Å²) in [5.41, 5.74) is 3.13. The zero-order valence-electron chi connectivity index (χ0n) is 16.5.